The molecule has 6 nitrogen and oxygen atoms in total. The highest BCUT2D eigenvalue weighted by Gasteiger charge is 2.54. The van der Waals surface area contributed by atoms with Crippen molar-refractivity contribution in [2.75, 3.05) is 13.2 Å². The molecule has 2 fully saturated rings. The Morgan fingerprint density at radius 3 is 2.35 bits per heavy atom. The van der Waals surface area contributed by atoms with Crippen molar-refractivity contribution in [1.82, 2.24) is 0 Å². The van der Waals surface area contributed by atoms with Crippen LogP contribution in [0.2, 0.25) is 0 Å². The third kappa shape index (κ3) is 2.27. The fourth-order valence-electron chi connectivity index (χ4n) is 1.74. The van der Waals surface area contributed by atoms with Gasteiger partial charge in [0, 0.05) is 0 Å². The lowest BCUT2D eigenvalue weighted by atomic mass is 10.1. The highest BCUT2D eigenvalue weighted by Crippen LogP contribution is 2.33. The smallest absolute Gasteiger partial charge is 0.388 e. The largest absolute Gasteiger partial charge is 0.523 e. The second-order valence-corrected chi connectivity index (χ2v) is 5.26. The minimum Gasteiger partial charge on any atom is -0.388 e. The van der Waals surface area contributed by atoms with Crippen molar-refractivity contribution in [3.8, 4) is 0 Å². The normalized spacial score (nSPS) is 38.4. The van der Waals surface area contributed by atoms with Crippen LogP contribution < -0.4 is 0 Å². The molecule has 2 saturated heterocycles. The van der Waals surface area contributed by atoms with Gasteiger partial charge in [-0.25, -0.2) is 0 Å². The molecule has 1 N–H and O–H groups in total. The molecule has 2 rings (SSSR count). The summed E-state index contributed by atoms with van der Waals surface area (Å²) in [6.07, 6.45) is -4.21. The Balaban J connectivity index is 2.07. The summed E-state index contributed by atoms with van der Waals surface area (Å²) in [7, 11) is -5.68. The molecule has 0 spiro atoms. The maximum Gasteiger partial charge on any atom is 0.523 e. The first kappa shape index (κ1) is 13.0. The summed E-state index contributed by atoms with van der Waals surface area (Å²) >= 11 is 0. The number of aliphatic hydroxyl groups is 1. The topological polar surface area (TPSA) is 82.1 Å². The van der Waals surface area contributed by atoms with Crippen LogP contribution in [0, 0.1) is 0 Å². The van der Waals surface area contributed by atoms with Crippen molar-refractivity contribution in [1.29, 1.82) is 0 Å². The highest BCUT2D eigenvalue weighted by molar-refractivity contribution is 7.87. The lowest BCUT2D eigenvalue weighted by Gasteiger charge is -2.17. The van der Waals surface area contributed by atoms with E-state index in [9.17, 15) is 26.7 Å². The number of hydrogen-bond donors (Lipinski definition) is 1. The molecule has 10 heteroatoms. The van der Waals surface area contributed by atoms with Crippen LogP contribution in [0.5, 0.6) is 0 Å². The van der Waals surface area contributed by atoms with E-state index in [2.05, 4.69) is 4.18 Å². The number of aliphatic hydroxyl groups excluding tert-OH is 1. The van der Waals surface area contributed by atoms with Crippen molar-refractivity contribution in [3.63, 3.8) is 0 Å². The predicted octanol–water partition coefficient (Wildman–Crippen LogP) is -0.620. The Morgan fingerprint density at radius 2 is 1.76 bits per heavy atom. The minimum atomic E-state index is -5.68. The van der Waals surface area contributed by atoms with Crippen LogP contribution in [0.1, 0.15) is 0 Å². The van der Waals surface area contributed by atoms with E-state index in [0.717, 1.165) is 0 Å². The molecule has 100 valence electrons. The summed E-state index contributed by atoms with van der Waals surface area (Å²) in [4.78, 5) is 0. The molecule has 2 aliphatic rings. The highest BCUT2D eigenvalue weighted by atomic mass is 32.2. The van der Waals surface area contributed by atoms with Gasteiger partial charge < -0.3 is 14.6 Å². The maximum atomic E-state index is 12.1. The molecule has 0 aromatic rings. The molecular weight excluding hydrogens is 269 g/mol. The number of fused-ring (bicyclic) bond motifs is 1. The summed E-state index contributed by atoms with van der Waals surface area (Å²) < 4.78 is 71.6. The molecule has 0 amide bonds. The lowest BCUT2D eigenvalue weighted by molar-refractivity contribution is -0.0629. The average Bonchev–Trinajstić information content (AvgIpc) is 2.70. The van der Waals surface area contributed by atoms with Gasteiger partial charge >= 0.3 is 15.6 Å². The van der Waals surface area contributed by atoms with Gasteiger partial charge in [-0.3, -0.25) is 4.18 Å². The molecule has 0 bridgehead atoms. The summed E-state index contributed by atoms with van der Waals surface area (Å²) in [6.45, 7) is -0.497. The molecule has 4 atom stereocenters. The quantitative estimate of drug-likeness (QED) is 0.535. The minimum absolute atomic E-state index is 0.124. The Labute approximate surface area is 94.4 Å². The van der Waals surface area contributed by atoms with Gasteiger partial charge in [-0.1, -0.05) is 0 Å². The summed E-state index contributed by atoms with van der Waals surface area (Å²) in [5, 5.41) is 9.30. The van der Waals surface area contributed by atoms with Gasteiger partial charge in [0.15, 0.2) is 0 Å². The molecule has 0 unspecified atom stereocenters. The third-order valence-electron chi connectivity index (χ3n) is 2.52. The lowest BCUT2D eigenvalue weighted by Crippen LogP contribution is -2.37. The molecule has 0 aromatic heterocycles. The zero-order valence-corrected chi connectivity index (χ0v) is 9.07. The van der Waals surface area contributed by atoms with E-state index in [0.29, 0.717) is 0 Å². The van der Waals surface area contributed by atoms with E-state index in [-0.39, 0.29) is 13.2 Å². The summed E-state index contributed by atoms with van der Waals surface area (Å²) in [6, 6.07) is 0. The number of halogens is 3. The maximum absolute atomic E-state index is 12.1. The monoisotopic (exact) mass is 278 g/mol. The van der Waals surface area contributed by atoms with E-state index in [4.69, 9.17) is 9.47 Å². The zero-order chi connectivity index (χ0) is 12.8. The molecule has 0 saturated carbocycles. The molecule has 0 aromatic carbocycles. The van der Waals surface area contributed by atoms with E-state index in [1.165, 1.54) is 0 Å². The molecule has 17 heavy (non-hydrogen) atoms. The predicted molar refractivity (Wildman–Crippen MR) is 45.3 cm³/mol. The van der Waals surface area contributed by atoms with E-state index in [1.807, 2.05) is 0 Å². The summed E-state index contributed by atoms with van der Waals surface area (Å²) in [5.74, 6) is 0. The van der Waals surface area contributed by atoms with Gasteiger partial charge in [0.2, 0.25) is 0 Å². The van der Waals surface area contributed by atoms with Crippen LogP contribution >= 0.6 is 0 Å². The van der Waals surface area contributed by atoms with Crippen LogP contribution in [0.3, 0.4) is 0 Å². The van der Waals surface area contributed by atoms with Gasteiger partial charge in [0.25, 0.3) is 0 Å². The molecule has 0 radical (unpaired) electrons. The fourth-order valence-corrected chi connectivity index (χ4v) is 2.34. The number of rotatable bonds is 2. The Bertz CT molecular complexity index is 393. The van der Waals surface area contributed by atoms with Crippen molar-refractivity contribution in [2.24, 2.45) is 0 Å². The van der Waals surface area contributed by atoms with Gasteiger partial charge in [0.1, 0.15) is 24.4 Å². The molecular formula is C7H9F3O6S. The number of hydrogen-bond acceptors (Lipinski definition) is 6. The first-order valence-corrected chi connectivity index (χ1v) is 6.04. The van der Waals surface area contributed by atoms with E-state index in [1.54, 1.807) is 0 Å². The Morgan fingerprint density at radius 1 is 1.18 bits per heavy atom. The van der Waals surface area contributed by atoms with Crippen molar-refractivity contribution < 1.29 is 40.4 Å². The molecule has 2 heterocycles. The van der Waals surface area contributed by atoms with Crippen LogP contribution in [-0.4, -0.2) is 56.7 Å². The van der Waals surface area contributed by atoms with Crippen LogP contribution in [0.15, 0.2) is 0 Å². The standard InChI is InChI=1S/C7H9F3O6S/c8-7(9,10)17(12,13)16-4-2-15-5-3(11)1-14-6(4)5/h3-6,11H,1-2H2/t3-,4+,5+,6-/m0/s1. The van der Waals surface area contributed by atoms with Gasteiger partial charge in [-0.2, -0.15) is 21.6 Å². The second-order valence-electron chi connectivity index (χ2n) is 3.70. The zero-order valence-electron chi connectivity index (χ0n) is 8.25. The second kappa shape index (κ2) is 4.05. The number of alkyl halides is 3. The van der Waals surface area contributed by atoms with Crippen molar-refractivity contribution in [2.45, 2.75) is 29.9 Å². The first-order chi connectivity index (χ1) is 7.72. The van der Waals surface area contributed by atoms with Crippen molar-refractivity contribution >= 4 is 10.1 Å². The van der Waals surface area contributed by atoms with Crippen LogP contribution in [0.25, 0.3) is 0 Å². The fraction of sp³-hybridized carbons (Fsp3) is 1.00. The average molecular weight is 278 g/mol. The Hall–Kier alpha value is -0.420. The molecule has 0 aliphatic carbocycles. The van der Waals surface area contributed by atoms with Gasteiger partial charge in [-0.05, 0) is 0 Å². The Kier molecular flexibility index (Phi) is 3.11. The van der Waals surface area contributed by atoms with Crippen LogP contribution in [-0.2, 0) is 23.8 Å². The summed E-state index contributed by atoms with van der Waals surface area (Å²) in [5.41, 5.74) is -5.48. The SMILES string of the molecule is O=S(=O)(O[C@@H]1CO[C@H]2[C@H]1OC[C@@H]2O)C(F)(F)F. The third-order valence-corrected chi connectivity index (χ3v) is 3.58. The van der Waals surface area contributed by atoms with E-state index >= 15 is 0 Å². The first-order valence-electron chi connectivity index (χ1n) is 4.63. The molecule has 2 aliphatic heterocycles. The number of ether oxygens (including phenoxy) is 2. The van der Waals surface area contributed by atoms with Gasteiger partial charge in [-0.15, -0.1) is 0 Å². The van der Waals surface area contributed by atoms with Crippen LogP contribution in [0.4, 0.5) is 13.2 Å². The van der Waals surface area contributed by atoms with E-state index < -0.39 is 40.0 Å². The van der Waals surface area contributed by atoms with Crippen molar-refractivity contribution in [3.05, 3.63) is 0 Å². The van der Waals surface area contributed by atoms with Gasteiger partial charge in [0.05, 0.1) is 13.2 Å².